The number of aromatic hydroxyl groups is 1. The summed E-state index contributed by atoms with van der Waals surface area (Å²) in [6, 6.07) is 14.5. The van der Waals surface area contributed by atoms with Crippen molar-refractivity contribution in [3.63, 3.8) is 0 Å². The second-order valence-electron chi connectivity index (χ2n) is 7.30. The van der Waals surface area contributed by atoms with Crippen molar-refractivity contribution in [3.05, 3.63) is 59.9 Å². The Bertz CT molecular complexity index is 1100. The van der Waals surface area contributed by atoms with Gasteiger partial charge in [0.2, 0.25) is 6.41 Å². The van der Waals surface area contributed by atoms with E-state index in [0.29, 0.717) is 60.7 Å². The van der Waals surface area contributed by atoms with E-state index < -0.39 is 0 Å². The number of aromatic nitrogens is 1. The van der Waals surface area contributed by atoms with Gasteiger partial charge in [-0.05, 0) is 30.3 Å². The van der Waals surface area contributed by atoms with Crippen LogP contribution in [0.25, 0.3) is 10.8 Å². The average molecular weight is 421 g/mol. The lowest BCUT2D eigenvalue weighted by Crippen LogP contribution is -2.41. The number of hydrogen-bond donors (Lipinski definition) is 1. The van der Waals surface area contributed by atoms with Crippen LogP contribution in [0.2, 0.25) is 0 Å². The predicted octanol–water partition coefficient (Wildman–Crippen LogP) is 2.79. The SMILES string of the molecule is CN(C=O)Cc1nc(C(=O)N2CCOCC2)c(O)c2ccc(Oc3ccccc3)cc12. The Morgan fingerprint density at radius 2 is 1.90 bits per heavy atom. The smallest absolute Gasteiger partial charge is 0.276 e. The number of rotatable bonds is 6. The molecule has 160 valence electrons. The minimum Gasteiger partial charge on any atom is -0.505 e. The van der Waals surface area contributed by atoms with E-state index in [1.54, 1.807) is 30.1 Å². The molecule has 0 unspecified atom stereocenters. The summed E-state index contributed by atoms with van der Waals surface area (Å²) >= 11 is 0. The van der Waals surface area contributed by atoms with Gasteiger partial charge in [-0.2, -0.15) is 0 Å². The Labute approximate surface area is 179 Å². The Morgan fingerprint density at radius 3 is 2.61 bits per heavy atom. The number of carbonyl (C=O) groups is 2. The number of nitrogens with zero attached hydrogens (tertiary/aromatic N) is 3. The van der Waals surface area contributed by atoms with Crippen LogP contribution in [-0.2, 0) is 16.1 Å². The molecule has 0 saturated carbocycles. The van der Waals surface area contributed by atoms with Gasteiger partial charge in [-0.3, -0.25) is 9.59 Å². The van der Waals surface area contributed by atoms with Crippen molar-refractivity contribution in [1.82, 2.24) is 14.8 Å². The lowest BCUT2D eigenvalue weighted by Gasteiger charge is -2.27. The van der Waals surface area contributed by atoms with Crippen LogP contribution in [-0.4, -0.2) is 65.6 Å². The average Bonchev–Trinajstić information content (AvgIpc) is 2.81. The zero-order valence-corrected chi connectivity index (χ0v) is 17.2. The van der Waals surface area contributed by atoms with Gasteiger partial charge in [0.25, 0.3) is 5.91 Å². The van der Waals surface area contributed by atoms with Gasteiger partial charge in [-0.1, -0.05) is 18.2 Å². The van der Waals surface area contributed by atoms with Crippen LogP contribution >= 0.6 is 0 Å². The van der Waals surface area contributed by atoms with E-state index in [4.69, 9.17) is 9.47 Å². The first-order chi connectivity index (χ1) is 15.1. The van der Waals surface area contributed by atoms with Crippen LogP contribution in [0.15, 0.2) is 48.5 Å². The Balaban J connectivity index is 1.78. The number of benzene rings is 2. The fraction of sp³-hybridized carbons (Fsp3) is 0.261. The predicted molar refractivity (Wildman–Crippen MR) is 114 cm³/mol. The maximum atomic E-state index is 13.0. The van der Waals surface area contributed by atoms with Gasteiger partial charge in [0.1, 0.15) is 11.5 Å². The molecule has 4 rings (SSSR count). The summed E-state index contributed by atoms with van der Waals surface area (Å²) in [5, 5.41) is 12.0. The van der Waals surface area contributed by atoms with Gasteiger partial charge in [-0.15, -0.1) is 0 Å². The van der Waals surface area contributed by atoms with Crippen molar-refractivity contribution < 1.29 is 24.2 Å². The summed E-state index contributed by atoms with van der Waals surface area (Å²) < 4.78 is 11.2. The Kier molecular flexibility index (Phi) is 5.99. The van der Waals surface area contributed by atoms with Crippen molar-refractivity contribution in [3.8, 4) is 17.2 Å². The van der Waals surface area contributed by atoms with Crippen LogP contribution < -0.4 is 4.74 Å². The molecule has 0 bridgehead atoms. The van der Waals surface area contributed by atoms with Crippen LogP contribution in [0.4, 0.5) is 0 Å². The van der Waals surface area contributed by atoms with Crippen LogP contribution in [0.1, 0.15) is 16.2 Å². The maximum absolute atomic E-state index is 13.0. The Hall–Kier alpha value is -3.65. The topological polar surface area (TPSA) is 92.2 Å². The molecular formula is C23H23N3O5. The molecule has 2 heterocycles. The van der Waals surface area contributed by atoms with Gasteiger partial charge in [-0.25, -0.2) is 4.98 Å². The first-order valence-electron chi connectivity index (χ1n) is 9.98. The molecular weight excluding hydrogens is 398 g/mol. The highest BCUT2D eigenvalue weighted by Gasteiger charge is 2.25. The summed E-state index contributed by atoms with van der Waals surface area (Å²) in [5.41, 5.74) is 0.470. The van der Waals surface area contributed by atoms with E-state index in [0.717, 1.165) is 0 Å². The van der Waals surface area contributed by atoms with Crippen molar-refractivity contribution in [2.75, 3.05) is 33.4 Å². The zero-order chi connectivity index (χ0) is 21.8. The number of morpholine rings is 1. The number of amides is 2. The van der Waals surface area contributed by atoms with Gasteiger partial charge in [0.15, 0.2) is 11.4 Å². The molecule has 0 spiro atoms. The molecule has 0 atom stereocenters. The molecule has 1 aliphatic heterocycles. The van der Waals surface area contributed by atoms with Gasteiger partial charge in [0.05, 0.1) is 25.5 Å². The summed E-state index contributed by atoms with van der Waals surface area (Å²) in [6.45, 7) is 1.94. The molecule has 1 saturated heterocycles. The molecule has 31 heavy (non-hydrogen) atoms. The number of ether oxygens (including phenoxy) is 2. The van der Waals surface area contributed by atoms with Crippen molar-refractivity contribution in [2.24, 2.45) is 0 Å². The van der Waals surface area contributed by atoms with Gasteiger partial charge in [0, 0.05) is 30.9 Å². The summed E-state index contributed by atoms with van der Waals surface area (Å²) in [6.07, 6.45) is 0.689. The molecule has 1 N–H and O–H groups in total. The first-order valence-corrected chi connectivity index (χ1v) is 9.98. The molecule has 1 aliphatic rings. The number of pyridine rings is 1. The van der Waals surface area contributed by atoms with Crippen molar-refractivity contribution >= 4 is 23.1 Å². The number of para-hydroxylation sites is 1. The van der Waals surface area contributed by atoms with Crippen molar-refractivity contribution in [1.29, 1.82) is 0 Å². The minimum atomic E-state index is -0.359. The zero-order valence-electron chi connectivity index (χ0n) is 17.2. The highest BCUT2D eigenvalue weighted by atomic mass is 16.5. The fourth-order valence-corrected chi connectivity index (χ4v) is 3.49. The van der Waals surface area contributed by atoms with E-state index in [9.17, 15) is 14.7 Å². The third kappa shape index (κ3) is 4.44. The lowest BCUT2D eigenvalue weighted by molar-refractivity contribution is -0.117. The van der Waals surface area contributed by atoms with E-state index in [1.165, 1.54) is 4.90 Å². The second-order valence-corrected chi connectivity index (χ2v) is 7.30. The van der Waals surface area contributed by atoms with E-state index in [1.807, 2.05) is 30.3 Å². The normalized spacial score (nSPS) is 13.8. The second kappa shape index (κ2) is 9.01. The fourth-order valence-electron chi connectivity index (χ4n) is 3.49. The van der Waals surface area contributed by atoms with Crippen LogP contribution in [0.3, 0.4) is 0 Å². The molecule has 0 aliphatic carbocycles. The molecule has 1 fully saturated rings. The molecule has 2 amide bonds. The van der Waals surface area contributed by atoms with Gasteiger partial charge >= 0.3 is 0 Å². The van der Waals surface area contributed by atoms with Gasteiger partial charge < -0.3 is 24.4 Å². The first kappa shape index (κ1) is 20.6. The molecule has 0 radical (unpaired) electrons. The van der Waals surface area contributed by atoms with Crippen LogP contribution in [0, 0.1) is 0 Å². The van der Waals surface area contributed by atoms with Crippen LogP contribution in [0.5, 0.6) is 17.2 Å². The molecule has 8 nitrogen and oxygen atoms in total. The van der Waals surface area contributed by atoms with E-state index in [2.05, 4.69) is 4.98 Å². The highest BCUT2D eigenvalue weighted by Crippen LogP contribution is 2.34. The Morgan fingerprint density at radius 1 is 1.16 bits per heavy atom. The standard InChI is InChI=1S/C23H23N3O5/c1-25(15-27)14-20-19-13-17(31-16-5-3-2-4-6-16)7-8-18(19)22(28)21(24-20)23(29)26-9-11-30-12-10-26/h2-8,13,15,28H,9-12,14H2,1H3. The largest absolute Gasteiger partial charge is 0.505 e. The summed E-state index contributed by atoms with van der Waals surface area (Å²) in [4.78, 5) is 31.7. The quantitative estimate of drug-likeness (QED) is 0.616. The minimum absolute atomic E-state index is 0.0274. The number of carbonyl (C=O) groups excluding carboxylic acids is 2. The highest BCUT2D eigenvalue weighted by molar-refractivity contribution is 6.02. The van der Waals surface area contributed by atoms with Crippen molar-refractivity contribution in [2.45, 2.75) is 6.54 Å². The molecule has 2 aromatic carbocycles. The lowest BCUT2D eigenvalue weighted by atomic mass is 10.1. The third-order valence-corrected chi connectivity index (χ3v) is 5.09. The summed E-state index contributed by atoms with van der Waals surface area (Å²) in [5.74, 6) is 0.685. The maximum Gasteiger partial charge on any atom is 0.276 e. The monoisotopic (exact) mass is 421 g/mol. The van der Waals surface area contributed by atoms with E-state index >= 15 is 0 Å². The molecule has 1 aromatic heterocycles. The van der Waals surface area contributed by atoms with E-state index in [-0.39, 0.29) is 23.9 Å². The molecule has 8 heteroatoms. The number of hydrogen-bond acceptors (Lipinski definition) is 6. The third-order valence-electron chi connectivity index (χ3n) is 5.09. The summed E-state index contributed by atoms with van der Waals surface area (Å²) in [7, 11) is 1.63. The number of fused-ring (bicyclic) bond motifs is 1. The molecule has 3 aromatic rings.